The van der Waals surface area contributed by atoms with E-state index in [9.17, 15) is 18.0 Å². The molecule has 0 aliphatic carbocycles. The molecule has 10 heteroatoms. The smallest absolute Gasteiger partial charge is 0.329 e. The fraction of sp³-hybridized carbons (Fsp3) is 0.471. The van der Waals surface area contributed by atoms with E-state index in [0.717, 1.165) is 16.8 Å². The Bertz CT molecular complexity index is 912. The van der Waals surface area contributed by atoms with Crippen molar-refractivity contribution in [3.05, 3.63) is 29.3 Å². The topological polar surface area (TPSA) is 113 Å². The minimum Gasteiger partial charge on any atom is -0.480 e. The molecule has 0 aromatic heterocycles. The Labute approximate surface area is 161 Å². The molecule has 2 atom stereocenters. The summed E-state index contributed by atoms with van der Waals surface area (Å²) in [5.74, 6) is -1.70. The van der Waals surface area contributed by atoms with E-state index in [1.807, 2.05) is 36.9 Å². The van der Waals surface area contributed by atoms with Crippen molar-refractivity contribution in [3.8, 4) is 0 Å². The second-order valence-corrected chi connectivity index (χ2v) is 10.00. The zero-order chi connectivity index (χ0) is 19.8. The van der Waals surface area contributed by atoms with Crippen LogP contribution in [0, 0.1) is 13.8 Å². The molecule has 2 aliphatic rings. The lowest BCUT2D eigenvalue weighted by atomic mass is 10.1. The summed E-state index contributed by atoms with van der Waals surface area (Å²) in [6, 6.07) is 5.57. The number of fused-ring (bicyclic) bond motifs is 1. The van der Waals surface area contributed by atoms with Crippen LogP contribution in [0.4, 0.5) is 5.69 Å². The lowest BCUT2D eigenvalue weighted by molar-refractivity contribution is -0.143. The van der Waals surface area contributed by atoms with Crippen molar-refractivity contribution >= 4 is 44.3 Å². The molecule has 0 unspecified atom stereocenters. The van der Waals surface area contributed by atoms with Crippen LogP contribution in [-0.2, 0) is 24.2 Å². The third kappa shape index (κ3) is 4.50. The average molecular weight is 412 g/mol. The summed E-state index contributed by atoms with van der Waals surface area (Å²) in [6.45, 7) is 2.85. The van der Waals surface area contributed by atoms with Crippen molar-refractivity contribution in [2.45, 2.75) is 25.1 Å². The molecule has 27 heavy (non-hydrogen) atoms. The van der Waals surface area contributed by atoms with E-state index in [-0.39, 0.29) is 22.8 Å². The van der Waals surface area contributed by atoms with Crippen LogP contribution in [0.2, 0.25) is 0 Å². The Morgan fingerprint density at radius 1 is 1.30 bits per heavy atom. The number of carbonyl (C=O) groups is 2. The number of benzene rings is 1. The normalized spacial score (nSPS) is 25.0. The standard InChI is InChI=1S/C17H20N2O6S2/c1-10-3-4-11(2)12(5-10)19-13-8-27(23,24)9-14(13)26-17(19)18-15(20)6-25-7-16(21)22/h3-5,13-14H,6-9H2,1-2H3,(H,21,22)/t13-,14-/m1/s1. The van der Waals surface area contributed by atoms with Gasteiger partial charge in [-0.15, -0.1) is 0 Å². The number of amidine groups is 1. The molecule has 1 aromatic carbocycles. The van der Waals surface area contributed by atoms with Crippen LogP contribution in [0.25, 0.3) is 0 Å². The first-order valence-electron chi connectivity index (χ1n) is 8.31. The highest BCUT2D eigenvalue weighted by Gasteiger charge is 2.49. The number of carboxylic acid groups (broad SMARTS) is 1. The van der Waals surface area contributed by atoms with Gasteiger partial charge in [-0.1, -0.05) is 23.9 Å². The van der Waals surface area contributed by atoms with Gasteiger partial charge in [-0.25, -0.2) is 13.2 Å². The Morgan fingerprint density at radius 3 is 2.74 bits per heavy atom. The van der Waals surface area contributed by atoms with Gasteiger partial charge in [0.2, 0.25) is 0 Å². The summed E-state index contributed by atoms with van der Waals surface area (Å²) in [5, 5.41) is 8.81. The van der Waals surface area contributed by atoms with Crippen molar-refractivity contribution in [3.63, 3.8) is 0 Å². The van der Waals surface area contributed by atoms with Crippen LogP contribution in [0.3, 0.4) is 0 Å². The fourth-order valence-electron chi connectivity index (χ4n) is 3.19. The first kappa shape index (κ1) is 19.8. The summed E-state index contributed by atoms with van der Waals surface area (Å²) >= 11 is 1.27. The lowest BCUT2D eigenvalue weighted by Crippen LogP contribution is -2.38. The first-order chi connectivity index (χ1) is 12.7. The minimum atomic E-state index is -3.14. The summed E-state index contributed by atoms with van der Waals surface area (Å²) in [7, 11) is -3.14. The Kier molecular flexibility index (Phi) is 5.59. The average Bonchev–Trinajstić information content (AvgIpc) is 3.00. The van der Waals surface area contributed by atoms with Gasteiger partial charge < -0.3 is 14.7 Å². The lowest BCUT2D eigenvalue weighted by Gasteiger charge is -2.26. The number of carboxylic acids is 1. The third-order valence-electron chi connectivity index (χ3n) is 4.36. The number of amides is 1. The Hall–Kier alpha value is -1.91. The highest BCUT2D eigenvalue weighted by atomic mass is 32.2. The number of thioether (sulfide) groups is 1. The molecule has 1 aromatic rings. The molecule has 8 nitrogen and oxygen atoms in total. The third-order valence-corrected chi connectivity index (χ3v) is 7.57. The number of hydrogen-bond donors (Lipinski definition) is 1. The maximum Gasteiger partial charge on any atom is 0.329 e. The molecular weight excluding hydrogens is 392 g/mol. The van der Waals surface area contributed by atoms with Gasteiger partial charge in [0.05, 0.1) is 17.5 Å². The van der Waals surface area contributed by atoms with Crippen LogP contribution < -0.4 is 4.90 Å². The van der Waals surface area contributed by atoms with Gasteiger partial charge in [0.1, 0.15) is 13.2 Å². The second kappa shape index (κ2) is 7.61. The minimum absolute atomic E-state index is 0.0147. The van der Waals surface area contributed by atoms with E-state index in [2.05, 4.69) is 4.99 Å². The predicted octanol–water partition coefficient (Wildman–Crippen LogP) is 1.01. The molecule has 2 fully saturated rings. The van der Waals surface area contributed by atoms with Gasteiger partial charge in [-0.3, -0.25) is 4.79 Å². The van der Waals surface area contributed by atoms with E-state index in [1.165, 1.54) is 11.8 Å². The van der Waals surface area contributed by atoms with E-state index in [4.69, 9.17) is 9.84 Å². The van der Waals surface area contributed by atoms with Crippen LogP contribution in [0.1, 0.15) is 11.1 Å². The van der Waals surface area contributed by atoms with Crippen molar-refractivity contribution in [1.29, 1.82) is 0 Å². The summed E-state index contributed by atoms with van der Waals surface area (Å²) in [6.07, 6.45) is 0. The first-order valence-corrected chi connectivity index (χ1v) is 11.0. The second-order valence-electron chi connectivity index (χ2n) is 6.64. The molecular formula is C17H20N2O6S2. The molecule has 2 saturated heterocycles. The molecule has 0 spiro atoms. The molecule has 1 amide bonds. The maximum atomic E-state index is 12.1. The number of hydrogen-bond acceptors (Lipinski definition) is 6. The predicted molar refractivity (Wildman–Crippen MR) is 103 cm³/mol. The van der Waals surface area contributed by atoms with Crippen molar-refractivity contribution in [1.82, 2.24) is 0 Å². The molecule has 0 saturated carbocycles. The molecule has 2 heterocycles. The zero-order valence-electron chi connectivity index (χ0n) is 14.9. The molecule has 3 rings (SSSR count). The fourth-order valence-corrected chi connectivity index (χ4v) is 7.11. The summed E-state index contributed by atoms with van der Waals surface area (Å²) in [5.41, 5.74) is 2.79. The van der Waals surface area contributed by atoms with E-state index in [0.29, 0.717) is 5.17 Å². The Balaban J connectivity index is 1.91. The van der Waals surface area contributed by atoms with E-state index >= 15 is 0 Å². The van der Waals surface area contributed by atoms with Gasteiger partial charge in [0, 0.05) is 10.9 Å². The number of aliphatic carboxylic acids is 1. The highest BCUT2D eigenvalue weighted by molar-refractivity contribution is 8.16. The monoisotopic (exact) mass is 412 g/mol. The molecule has 0 bridgehead atoms. The largest absolute Gasteiger partial charge is 0.480 e. The number of carbonyl (C=O) groups excluding carboxylic acids is 1. The molecule has 146 valence electrons. The van der Waals surface area contributed by atoms with E-state index in [1.54, 1.807) is 0 Å². The van der Waals surface area contributed by atoms with Gasteiger partial charge in [-0.2, -0.15) is 4.99 Å². The SMILES string of the molecule is Cc1ccc(C)c(N2C(=NC(=O)COCC(=O)O)S[C@@H]3CS(=O)(=O)C[C@H]32)c1. The van der Waals surface area contributed by atoms with Crippen molar-refractivity contribution < 1.29 is 27.9 Å². The van der Waals surface area contributed by atoms with E-state index < -0.39 is 34.9 Å². The molecule has 0 radical (unpaired) electrons. The highest BCUT2D eigenvalue weighted by Crippen LogP contribution is 2.42. The van der Waals surface area contributed by atoms with Crippen LogP contribution >= 0.6 is 11.8 Å². The zero-order valence-corrected chi connectivity index (χ0v) is 16.5. The number of ether oxygens (including phenoxy) is 1. The van der Waals surface area contributed by atoms with Crippen LogP contribution in [0.5, 0.6) is 0 Å². The van der Waals surface area contributed by atoms with Gasteiger partial charge in [0.25, 0.3) is 5.91 Å². The number of aliphatic imine (C=N–C) groups is 1. The quantitative estimate of drug-likeness (QED) is 0.762. The summed E-state index contributed by atoms with van der Waals surface area (Å²) < 4.78 is 29.0. The van der Waals surface area contributed by atoms with Crippen molar-refractivity contribution in [2.75, 3.05) is 29.6 Å². The number of sulfone groups is 1. The number of rotatable bonds is 5. The number of aryl methyl sites for hydroxylation is 2. The van der Waals surface area contributed by atoms with Gasteiger partial charge in [0.15, 0.2) is 15.0 Å². The van der Waals surface area contributed by atoms with Crippen molar-refractivity contribution in [2.24, 2.45) is 4.99 Å². The molecule has 2 aliphatic heterocycles. The number of nitrogens with zero attached hydrogens (tertiary/aromatic N) is 2. The van der Waals surface area contributed by atoms with Gasteiger partial charge in [-0.05, 0) is 31.0 Å². The van der Waals surface area contributed by atoms with Gasteiger partial charge >= 0.3 is 5.97 Å². The summed E-state index contributed by atoms with van der Waals surface area (Å²) in [4.78, 5) is 28.5. The Morgan fingerprint density at radius 2 is 2.04 bits per heavy atom. The van der Waals surface area contributed by atoms with Crippen LogP contribution in [-0.4, -0.2) is 66.6 Å². The maximum absolute atomic E-state index is 12.1. The number of anilines is 1. The molecule has 1 N–H and O–H groups in total. The van der Waals surface area contributed by atoms with Crippen LogP contribution in [0.15, 0.2) is 23.2 Å².